The van der Waals surface area contributed by atoms with Crippen molar-refractivity contribution < 1.29 is 27.8 Å². The topological polar surface area (TPSA) is 104 Å². The molecule has 0 saturated heterocycles. The van der Waals surface area contributed by atoms with Gasteiger partial charge < -0.3 is 10.2 Å². The highest BCUT2D eigenvalue weighted by atomic mass is 32.2. The first kappa shape index (κ1) is 14.8. The van der Waals surface area contributed by atoms with Crippen LogP contribution in [0.25, 0.3) is 0 Å². The van der Waals surface area contributed by atoms with Gasteiger partial charge >= 0.3 is 5.97 Å². The summed E-state index contributed by atoms with van der Waals surface area (Å²) >= 11 is 0. The minimum absolute atomic E-state index is 0.274. The van der Waals surface area contributed by atoms with Gasteiger partial charge in [-0.1, -0.05) is 12.1 Å². The fourth-order valence-corrected chi connectivity index (χ4v) is 2.82. The normalized spacial score (nSPS) is 11.1. The van der Waals surface area contributed by atoms with E-state index in [4.69, 9.17) is 5.11 Å². The van der Waals surface area contributed by atoms with Crippen LogP contribution in [0, 0.1) is 5.82 Å². The second kappa shape index (κ2) is 5.41. The molecule has 0 spiro atoms. The van der Waals surface area contributed by atoms with Crippen LogP contribution in [-0.4, -0.2) is 24.6 Å². The molecule has 8 heteroatoms. The fourth-order valence-electron chi connectivity index (χ4n) is 1.66. The molecule has 0 atom stereocenters. The van der Waals surface area contributed by atoms with E-state index < -0.39 is 32.3 Å². The first-order chi connectivity index (χ1) is 9.81. The largest absolute Gasteiger partial charge is 0.508 e. The van der Waals surface area contributed by atoms with E-state index in [0.29, 0.717) is 0 Å². The molecule has 2 rings (SSSR count). The van der Waals surface area contributed by atoms with Crippen molar-refractivity contribution in [1.82, 2.24) is 0 Å². The lowest BCUT2D eigenvalue weighted by atomic mass is 10.2. The van der Waals surface area contributed by atoms with Crippen LogP contribution in [0.2, 0.25) is 0 Å². The Morgan fingerprint density at radius 1 is 1.14 bits per heavy atom. The Kier molecular flexibility index (Phi) is 3.81. The summed E-state index contributed by atoms with van der Waals surface area (Å²) in [6.07, 6.45) is 0. The number of aromatic hydroxyl groups is 1. The summed E-state index contributed by atoms with van der Waals surface area (Å²) < 4.78 is 39.7. The Morgan fingerprint density at radius 3 is 2.43 bits per heavy atom. The smallest absolute Gasteiger partial charge is 0.337 e. The number of sulfonamides is 1. The molecular formula is C13H10FNO5S. The molecule has 3 N–H and O–H groups in total. The van der Waals surface area contributed by atoms with Gasteiger partial charge in [0.15, 0.2) is 0 Å². The van der Waals surface area contributed by atoms with E-state index in [9.17, 15) is 22.7 Å². The molecule has 0 heterocycles. The number of carboxylic acid groups (broad SMARTS) is 1. The van der Waals surface area contributed by atoms with Crippen LogP contribution in [-0.2, 0) is 10.0 Å². The maximum atomic E-state index is 13.5. The van der Waals surface area contributed by atoms with Crippen molar-refractivity contribution in [3.05, 3.63) is 53.8 Å². The van der Waals surface area contributed by atoms with Crippen LogP contribution >= 0.6 is 0 Å². The number of rotatable bonds is 4. The Bertz CT molecular complexity index is 804. The number of phenols is 1. The molecule has 2 aromatic carbocycles. The van der Waals surface area contributed by atoms with E-state index in [1.807, 2.05) is 4.72 Å². The molecule has 0 aliphatic heterocycles. The first-order valence-corrected chi connectivity index (χ1v) is 7.13. The van der Waals surface area contributed by atoms with Crippen LogP contribution in [0.15, 0.2) is 47.4 Å². The van der Waals surface area contributed by atoms with Crippen molar-refractivity contribution in [3.63, 3.8) is 0 Å². The zero-order valence-electron chi connectivity index (χ0n) is 10.4. The molecule has 0 bridgehead atoms. The van der Waals surface area contributed by atoms with Crippen molar-refractivity contribution in [2.45, 2.75) is 4.90 Å². The molecule has 0 amide bonds. The number of hydrogen-bond acceptors (Lipinski definition) is 4. The average molecular weight is 311 g/mol. The maximum absolute atomic E-state index is 13.5. The summed E-state index contributed by atoms with van der Waals surface area (Å²) in [5.41, 5.74) is -0.724. The van der Waals surface area contributed by atoms with Gasteiger partial charge in [-0.2, -0.15) is 0 Å². The second-order valence-corrected chi connectivity index (χ2v) is 5.72. The molecular weight excluding hydrogens is 301 g/mol. The predicted molar refractivity (Wildman–Crippen MR) is 72.3 cm³/mol. The van der Waals surface area contributed by atoms with E-state index in [-0.39, 0.29) is 11.4 Å². The van der Waals surface area contributed by atoms with Gasteiger partial charge in [0, 0.05) is 0 Å². The summed E-state index contributed by atoms with van der Waals surface area (Å²) in [5, 5.41) is 18.2. The van der Waals surface area contributed by atoms with Crippen molar-refractivity contribution in [2.24, 2.45) is 0 Å². The van der Waals surface area contributed by atoms with Gasteiger partial charge in [-0.05, 0) is 30.3 Å². The molecule has 0 fully saturated rings. The van der Waals surface area contributed by atoms with Gasteiger partial charge in [-0.15, -0.1) is 0 Å². The van der Waals surface area contributed by atoms with Gasteiger partial charge in [0.1, 0.15) is 16.5 Å². The number of benzene rings is 2. The van der Waals surface area contributed by atoms with E-state index in [2.05, 4.69) is 0 Å². The van der Waals surface area contributed by atoms with E-state index in [1.165, 1.54) is 12.1 Å². The molecule has 110 valence electrons. The molecule has 0 unspecified atom stereocenters. The summed E-state index contributed by atoms with van der Waals surface area (Å²) in [7, 11) is -4.28. The Hall–Kier alpha value is -2.61. The van der Waals surface area contributed by atoms with Crippen molar-refractivity contribution in [2.75, 3.05) is 4.72 Å². The van der Waals surface area contributed by atoms with Crippen LogP contribution in [0.3, 0.4) is 0 Å². The molecule has 0 aliphatic carbocycles. The minimum Gasteiger partial charge on any atom is -0.508 e. The highest BCUT2D eigenvalue weighted by Gasteiger charge is 2.21. The lowest BCUT2D eigenvalue weighted by Gasteiger charge is -2.11. The van der Waals surface area contributed by atoms with Gasteiger partial charge in [-0.3, -0.25) is 4.72 Å². The lowest BCUT2D eigenvalue weighted by Crippen LogP contribution is -2.16. The van der Waals surface area contributed by atoms with Crippen LogP contribution in [0.5, 0.6) is 5.75 Å². The van der Waals surface area contributed by atoms with Crippen molar-refractivity contribution in [1.29, 1.82) is 0 Å². The molecule has 0 saturated carbocycles. The van der Waals surface area contributed by atoms with Crippen LogP contribution < -0.4 is 4.72 Å². The van der Waals surface area contributed by atoms with Gasteiger partial charge in [0.25, 0.3) is 10.0 Å². The Morgan fingerprint density at radius 2 is 1.81 bits per heavy atom. The van der Waals surface area contributed by atoms with Crippen LogP contribution in [0.1, 0.15) is 10.4 Å². The number of phenolic OH excluding ortho intramolecular Hbond substituents is 1. The number of carboxylic acids is 1. The number of anilines is 1. The van der Waals surface area contributed by atoms with Crippen molar-refractivity contribution >= 4 is 21.7 Å². The molecule has 0 aromatic heterocycles. The molecule has 0 aliphatic rings. The minimum atomic E-state index is -4.28. The number of aromatic carboxylic acids is 1. The average Bonchev–Trinajstić information content (AvgIpc) is 2.40. The summed E-state index contributed by atoms with van der Waals surface area (Å²) in [6.45, 7) is 0. The third-order valence-electron chi connectivity index (χ3n) is 2.60. The van der Waals surface area contributed by atoms with Crippen molar-refractivity contribution in [3.8, 4) is 5.75 Å². The highest BCUT2D eigenvalue weighted by Crippen LogP contribution is 2.25. The zero-order chi connectivity index (χ0) is 15.6. The molecule has 6 nitrogen and oxygen atoms in total. The third kappa shape index (κ3) is 3.11. The Balaban J connectivity index is 2.47. The molecule has 21 heavy (non-hydrogen) atoms. The fraction of sp³-hybridized carbons (Fsp3) is 0. The van der Waals surface area contributed by atoms with Gasteiger partial charge in [0.05, 0.1) is 11.3 Å². The molecule has 2 aromatic rings. The number of carbonyl (C=O) groups is 1. The van der Waals surface area contributed by atoms with Crippen LogP contribution in [0.4, 0.5) is 10.1 Å². The third-order valence-corrected chi connectivity index (χ3v) is 4.00. The maximum Gasteiger partial charge on any atom is 0.337 e. The zero-order valence-corrected chi connectivity index (χ0v) is 11.3. The summed E-state index contributed by atoms with van der Waals surface area (Å²) in [5.74, 6) is -2.72. The standard InChI is InChI=1S/C13H10FNO5S/c14-10-3-1-2-4-12(10)21(19,20)15-11-6-5-8(16)7-9(11)13(17)18/h1-7,15-16H,(H,17,18). The highest BCUT2D eigenvalue weighted by molar-refractivity contribution is 7.92. The SMILES string of the molecule is O=C(O)c1cc(O)ccc1NS(=O)(=O)c1ccccc1F. The van der Waals surface area contributed by atoms with E-state index >= 15 is 0 Å². The number of halogens is 1. The quantitative estimate of drug-likeness (QED) is 0.750. The summed E-state index contributed by atoms with van der Waals surface area (Å²) in [6, 6.07) is 7.79. The number of hydrogen-bond donors (Lipinski definition) is 3. The first-order valence-electron chi connectivity index (χ1n) is 5.65. The van der Waals surface area contributed by atoms with E-state index in [1.54, 1.807) is 0 Å². The summed E-state index contributed by atoms with van der Waals surface area (Å²) in [4.78, 5) is 10.4. The molecule has 0 radical (unpaired) electrons. The van der Waals surface area contributed by atoms with E-state index in [0.717, 1.165) is 30.3 Å². The Labute approximate surface area is 119 Å². The second-order valence-electron chi connectivity index (χ2n) is 4.07. The van der Waals surface area contributed by atoms with Gasteiger partial charge in [-0.25, -0.2) is 17.6 Å². The van der Waals surface area contributed by atoms with Gasteiger partial charge in [0.2, 0.25) is 0 Å². The predicted octanol–water partition coefficient (Wildman–Crippen LogP) is 2.03. The monoisotopic (exact) mass is 311 g/mol. The number of nitrogens with one attached hydrogen (secondary N) is 1. The lowest BCUT2D eigenvalue weighted by molar-refractivity contribution is 0.0697.